The number of hydrogen-bond donors (Lipinski definition) is 1. The van der Waals surface area contributed by atoms with Gasteiger partial charge in [0.1, 0.15) is 0 Å². The minimum absolute atomic E-state index is 0.212. The number of nitrogens with zero attached hydrogens (tertiary/aromatic N) is 2. The van der Waals surface area contributed by atoms with Crippen LogP contribution in [0.15, 0.2) is 0 Å². The summed E-state index contributed by atoms with van der Waals surface area (Å²) >= 11 is 0. The zero-order valence-corrected chi connectivity index (χ0v) is 10.8. The van der Waals surface area contributed by atoms with Gasteiger partial charge >= 0.3 is 0 Å². The van der Waals surface area contributed by atoms with Gasteiger partial charge in [0.05, 0.1) is 6.54 Å². The first-order valence-corrected chi connectivity index (χ1v) is 6.87. The fourth-order valence-corrected chi connectivity index (χ4v) is 2.65. The quantitative estimate of drug-likeness (QED) is 0.769. The van der Waals surface area contributed by atoms with Gasteiger partial charge in [0.25, 0.3) is 0 Å². The van der Waals surface area contributed by atoms with Crippen molar-refractivity contribution in [3.05, 3.63) is 0 Å². The molecule has 1 saturated carbocycles. The summed E-state index contributed by atoms with van der Waals surface area (Å²) in [6, 6.07) is 0.655. The van der Waals surface area contributed by atoms with Crippen molar-refractivity contribution >= 4 is 5.91 Å². The molecule has 98 valence electrons. The van der Waals surface area contributed by atoms with Gasteiger partial charge in [0, 0.05) is 25.7 Å². The molecule has 4 nitrogen and oxygen atoms in total. The van der Waals surface area contributed by atoms with Crippen LogP contribution < -0.4 is 0 Å². The summed E-state index contributed by atoms with van der Waals surface area (Å²) in [6.45, 7) is 5.49. The van der Waals surface area contributed by atoms with Crippen molar-refractivity contribution in [2.75, 3.05) is 32.8 Å². The molecule has 0 radical (unpaired) electrons. The number of piperidine rings is 1. The van der Waals surface area contributed by atoms with Crippen molar-refractivity contribution < 1.29 is 9.90 Å². The van der Waals surface area contributed by atoms with Crippen molar-refractivity contribution in [1.82, 2.24) is 9.80 Å². The van der Waals surface area contributed by atoms with Crippen LogP contribution in [0.25, 0.3) is 0 Å². The number of hydrogen-bond acceptors (Lipinski definition) is 3. The Labute approximate surface area is 104 Å². The number of likely N-dealkylation sites (N-methyl/N-ethyl adjacent to an activating group) is 1. The third-order valence-corrected chi connectivity index (χ3v) is 3.94. The van der Waals surface area contributed by atoms with E-state index in [0.717, 1.165) is 32.5 Å². The van der Waals surface area contributed by atoms with Gasteiger partial charge in [0.15, 0.2) is 0 Å². The predicted molar refractivity (Wildman–Crippen MR) is 66.7 cm³/mol. The van der Waals surface area contributed by atoms with E-state index in [1.807, 2.05) is 4.90 Å². The lowest BCUT2D eigenvalue weighted by molar-refractivity contribution is -0.134. The highest BCUT2D eigenvalue weighted by Crippen LogP contribution is 2.26. The van der Waals surface area contributed by atoms with Gasteiger partial charge in [-0.2, -0.15) is 0 Å². The molecular weight excluding hydrogens is 216 g/mol. The fraction of sp³-hybridized carbons (Fsp3) is 0.923. The Morgan fingerprint density at radius 3 is 2.76 bits per heavy atom. The lowest BCUT2D eigenvalue weighted by Crippen LogP contribution is -2.46. The first-order chi connectivity index (χ1) is 8.24. The summed E-state index contributed by atoms with van der Waals surface area (Å²) in [6.07, 6.45) is 4.59. The highest BCUT2D eigenvalue weighted by atomic mass is 16.3. The number of carbonyl (C=O) groups excluding carboxylic acids is 1. The first-order valence-electron chi connectivity index (χ1n) is 6.87. The van der Waals surface area contributed by atoms with E-state index in [-0.39, 0.29) is 12.5 Å². The highest BCUT2D eigenvalue weighted by Gasteiger charge is 2.31. The number of likely N-dealkylation sites (tertiary alicyclic amines) is 1. The summed E-state index contributed by atoms with van der Waals surface area (Å²) in [7, 11) is 0. The summed E-state index contributed by atoms with van der Waals surface area (Å²) in [5.74, 6) is 0.542. The predicted octanol–water partition coefficient (Wildman–Crippen LogP) is 0.702. The van der Waals surface area contributed by atoms with Crippen LogP contribution in [0.1, 0.15) is 32.6 Å². The second-order valence-corrected chi connectivity index (χ2v) is 5.32. The van der Waals surface area contributed by atoms with E-state index in [2.05, 4.69) is 11.8 Å². The summed E-state index contributed by atoms with van der Waals surface area (Å²) < 4.78 is 0. The molecule has 1 unspecified atom stereocenters. The third kappa shape index (κ3) is 3.42. The van der Waals surface area contributed by atoms with Gasteiger partial charge in [-0.1, -0.05) is 6.92 Å². The topological polar surface area (TPSA) is 43.8 Å². The Bertz CT molecular complexity index is 266. The third-order valence-electron chi connectivity index (χ3n) is 3.94. The Morgan fingerprint density at radius 2 is 2.18 bits per heavy atom. The molecule has 1 saturated heterocycles. The van der Waals surface area contributed by atoms with Crippen molar-refractivity contribution in [1.29, 1.82) is 0 Å². The minimum Gasteiger partial charge on any atom is -0.396 e. The zero-order valence-electron chi connectivity index (χ0n) is 10.8. The summed E-state index contributed by atoms with van der Waals surface area (Å²) in [5, 5.41) is 9.17. The number of rotatable bonds is 5. The van der Waals surface area contributed by atoms with Gasteiger partial charge in [0.2, 0.25) is 5.91 Å². The normalized spacial score (nSPS) is 25.4. The van der Waals surface area contributed by atoms with Crippen LogP contribution in [0, 0.1) is 5.92 Å². The monoisotopic (exact) mass is 240 g/mol. The van der Waals surface area contributed by atoms with Gasteiger partial charge < -0.3 is 10.0 Å². The number of carbonyl (C=O) groups is 1. The molecule has 0 aromatic heterocycles. The standard InChI is InChI=1S/C13H24N2O2/c1-2-14(12-5-6-12)9-13(17)15-7-3-4-11(8-15)10-16/h11-12,16H,2-10H2,1H3. The van der Waals surface area contributed by atoms with Crippen LogP contribution in [-0.2, 0) is 4.79 Å². The average molecular weight is 240 g/mol. The molecule has 4 heteroatoms. The Morgan fingerprint density at radius 1 is 1.41 bits per heavy atom. The Hall–Kier alpha value is -0.610. The van der Waals surface area contributed by atoms with Gasteiger partial charge in [-0.3, -0.25) is 9.69 Å². The number of amides is 1. The fourth-order valence-electron chi connectivity index (χ4n) is 2.65. The van der Waals surface area contributed by atoms with Crippen LogP contribution in [0.4, 0.5) is 0 Å². The van der Waals surface area contributed by atoms with Crippen molar-refractivity contribution in [3.63, 3.8) is 0 Å². The maximum Gasteiger partial charge on any atom is 0.236 e. The van der Waals surface area contributed by atoms with E-state index >= 15 is 0 Å². The number of aliphatic hydroxyl groups excluding tert-OH is 1. The first kappa shape index (κ1) is 12.8. The lowest BCUT2D eigenvalue weighted by atomic mass is 9.99. The SMILES string of the molecule is CCN(CC(=O)N1CCCC(CO)C1)C1CC1. The molecule has 2 fully saturated rings. The molecule has 1 amide bonds. The minimum atomic E-state index is 0.212. The van der Waals surface area contributed by atoms with E-state index in [4.69, 9.17) is 5.11 Å². The maximum absolute atomic E-state index is 12.2. The Balaban J connectivity index is 1.81. The van der Waals surface area contributed by atoms with Crippen LogP contribution in [0.5, 0.6) is 0 Å². The molecule has 2 rings (SSSR count). The molecule has 1 aliphatic heterocycles. The second-order valence-electron chi connectivity index (χ2n) is 5.32. The molecule has 0 bridgehead atoms. The van der Waals surface area contributed by atoms with E-state index in [0.29, 0.717) is 18.5 Å². The van der Waals surface area contributed by atoms with E-state index in [1.54, 1.807) is 0 Å². The molecular formula is C13H24N2O2. The molecule has 17 heavy (non-hydrogen) atoms. The maximum atomic E-state index is 12.2. The van der Waals surface area contributed by atoms with Gasteiger partial charge in [-0.25, -0.2) is 0 Å². The van der Waals surface area contributed by atoms with Gasteiger partial charge in [-0.15, -0.1) is 0 Å². The van der Waals surface area contributed by atoms with Crippen LogP contribution in [0.2, 0.25) is 0 Å². The molecule has 0 aromatic carbocycles. The van der Waals surface area contributed by atoms with Crippen molar-refractivity contribution in [3.8, 4) is 0 Å². The van der Waals surface area contributed by atoms with E-state index < -0.39 is 0 Å². The molecule has 0 spiro atoms. The average Bonchev–Trinajstić information content (AvgIpc) is 3.20. The molecule has 1 heterocycles. The van der Waals surface area contributed by atoms with Crippen molar-refractivity contribution in [2.24, 2.45) is 5.92 Å². The zero-order chi connectivity index (χ0) is 12.3. The van der Waals surface area contributed by atoms with Gasteiger partial charge in [-0.05, 0) is 38.1 Å². The molecule has 2 aliphatic rings. The largest absolute Gasteiger partial charge is 0.396 e. The lowest BCUT2D eigenvalue weighted by Gasteiger charge is -2.33. The second kappa shape index (κ2) is 5.83. The Kier molecular flexibility index (Phi) is 4.40. The van der Waals surface area contributed by atoms with E-state index in [1.165, 1.54) is 12.8 Å². The summed E-state index contributed by atoms with van der Waals surface area (Å²) in [4.78, 5) is 16.4. The number of aliphatic hydroxyl groups is 1. The molecule has 1 atom stereocenters. The molecule has 1 aliphatic carbocycles. The van der Waals surface area contributed by atoms with Crippen LogP contribution in [-0.4, -0.2) is 59.6 Å². The smallest absolute Gasteiger partial charge is 0.236 e. The van der Waals surface area contributed by atoms with E-state index in [9.17, 15) is 4.79 Å². The summed E-state index contributed by atoms with van der Waals surface area (Å²) in [5.41, 5.74) is 0. The van der Waals surface area contributed by atoms with Crippen molar-refractivity contribution in [2.45, 2.75) is 38.6 Å². The highest BCUT2D eigenvalue weighted by molar-refractivity contribution is 5.78. The van der Waals surface area contributed by atoms with Crippen LogP contribution >= 0.6 is 0 Å². The molecule has 0 aromatic rings. The van der Waals surface area contributed by atoms with Crippen LogP contribution in [0.3, 0.4) is 0 Å². The molecule has 1 N–H and O–H groups in total.